The van der Waals surface area contributed by atoms with Crippen molar-refractivity contribution in [1.29, 1.82) is 0 Å². The largest absolute Gasteiger partial charge is 0.362 e. The minimum Gasteiger partial charge on any atom is -0.362 e. The molecule has 0 saturated carbocycles. The number of hydrogen-bond donors (Lipinski definition) is 1. The second-order valence-electron chi connectivity index (χ2n) is 4.37. The van der Waals surface area contributed by atoms with Crippen molar-refractivity contribution in [2.75, 3.05) is 26.2 Å². The summed E-state index contributed by atoms with van der Waals surface area (Å²) < 4.78 is 10.2. The summed E-state index contributed by atoms with van der Waals surface area (Å²) >= 11 is 0. The number of nitrogens with one attached hydrogen (secondary N) is 1. The van der Waals surface area contributed by atoms with Gasteiger partial charge in [0, 0.05) is 25.7 Å². The molecule has 8 heteroatoms. The van der Waals surface area contributed by atoms with Crippen LogP contribution in [0.5, 0.6) is 0 Å². The summed E-state index contributed by atoms with van der Waals surface area (Å²) in [5.41, 5.74) is 0. The van der Waals surface area contributed by atoms with E-state index in [4.69, 9.17) is 9.26 Å². The summed E-state index contributed by atoms with van der Waals surface area (Å²) in [4.78, 5) is 17.7. The molecule has 1 amide bonds. The minimum absolute atomic E-state index is 0. The molecule has 2 heterocycles. The van der Waals surface area contributed by atoms with Crippen molar-refractivity contribution < 1.29 is 14.1 Å². The third-order valence-corrected chi connectivity index (χ3v) is 2.84. The van der Waals surface area contributed by atoms with Crippen molar-refractivity contribution in [3.8, 4) is 0 Å². The average molecular weight is 291 g/mol. The zero-order valence-corrected chi connectivity index (χ0v) is 11.9. The lowest BCUT2D eigenvalue weighted by atomic mass is 10.2. The topological polar surface area (TPSA) is 80.5 Å². The molecule has 1 N–H and O–H groups in total. The van der Waals surface area contributed by atoms with Crippen LogP contribution in [0, 0.1) is 6.92 Å². The lowest BCUT2D eigenvalue weighted by Gasteiger charge is -2.33. The average Bonchev–Trinajstić information content (AvgIpc) is 2.75. The molecule has 1 saturated heterocycles. The molecule has 0 bridgehead atoms. The van der Waals surface area contributed by atoms with Gasteiger partial charge in [0.05, 0.1) is 0 Å². The zero-order valence-electron chi connectivity index (χ0n) is 11.1. The van der Waals surface area contributed by atoms with Crippen LogP contribution in [0.1, 0.15) is 18.6 Å². The second-order valence-corrected chi connectivity index (χ2v) is 4.37. The third kappa shape index (κ3) is 4.45. The first-order valence-corrected chi connectivity index (χ1v) is 6.04. The Morgan fingerprint density at radius 3 is 3.05 bits per heavy atom. The molecule has 1 aliphatic heterocycles. The van der Waals surface area contributed by atoms with E-state index in [-0.39, 0.29) is 37.6 Å². The molecule has 0 aliphatic carbocycles. The molecule has 2 rings (SSSR count). The number of carbonyl (C=O) groups is 1. The summed E-state index contributed by atoms with van der Waals surface area (Å²) in [7, 11) is 0. The Morgan fingerprint density at radius 2 is 2.42 bits per heavy atom. The van der Waals surface area contributed by atoms with Crippen molar-refractivity contribution in [3.05, 3.63) is 11.7 Å². The van der Waals surface area contributed by atoms with Crippen molar-refractivity contribution in [3.63, 3.8) is 0 Å². The van der Waals surface area contributed by atoms with Crippen LogP contribution in [0.25, 0.3) is 0 Å². The Morgan fingerprint density at radius 1 is 1.63 bits per heavy atom. The Hall–Kier alpha value is -1.18. The normalized spacial score (nSPS) is 19.1. The monoisotopic (exact) mass is 290 g/mol. The zero-order chi connectivity index (χ0) is 13.0. The number of nitrogens with zero attached hydrogens (tertiary/aromatic N) is 3. The van der Waals surface area contributed by atoms with Crippen molar-refractivity contribution >= 4 is 18.3 Å². The molecule has 19 heavy (non-hydrogen) atoms. The number of amides is 1. The maximum absolute atomic E-state index is 11.9. The fourth-order valence-corrected chi connectivity index (χ4v) is 1.92. The first-order chi connectivity index (χ1) is 8.66. The molecule has 1 atom stereocenters. The standard InChI is InChI=1S/C11H18N4O3.ClH/c1-8-5-12-3-4-15(8)11(16)7-17-6-10-13-9(2)14-18-10;/h8,12H,3-7H2,1-2H3;1H/t8-;/m1./s1. The number of rotatable bonds is 4. The maximum Gasteiger partial charge on any atom is 0.252 e. The molecule has 0 unspecified atom stereocenters. The Bertz CT molecular complexity index is 412. The number of carbonyl (C=O) groups excluding carboxylic acids is 1. The fraction of sp³-hybridized carbons (Fsp3) is 0.727. The first-order valence-electron chi connectivity index (χ1n) is 6.04. The molecule has 0 radical (unpaired) electrons. The van der Waals surface area contributed by atoms with E-state index in [0.717, 1.165) is 19.6 Å². The third-order valence-electron chi connectivity index (χ3n) is 2.84. The summed E-state index contributed by atoms with van der Waals surface area (Å²) in [6.07, 6.45) is 0. The number of halogens is 1. The molecule has 1 aliphatic rings. The van der Waals surface area contributed by atoms with Gasteiger partial charge < -0.3 is 19.5 Å². The van der Waals surface area contributed by atoms with Gasteiger partial charge in [-0.3, -0.25) is 4.79 Å². The minimum atomic E-state index is 0. The van der Waals surface area contributed by atoms with Gasteiger partial charge in [-0.25, -0.2) is 0 Å². The number of aryl methyl sites for hydroxylation is 1. The number of piperazine rings is 1. The highest BCUT2D eigenvalue weighted by Gasteiger charge is 2.22. The molecule has 1 aromatic heterocycles. The molecule has 1 aromatic rings. The Labute approximate surface area is 118 Å². The fourth-order valence-electron chi connectivity index (χ4n) is 1.92. The summed E-state index contributed by atoms with van der Waals surface area (Å²) in [5, 5.41) is 6.88. The van der Waals surface area contributed by atoms with E-state index in [1.165, 1.54) is 0 Å². The van der Waals surface area contributed by atoms with Gasteiger partial charge in [-0.05, 0) is 13.8 Å². The van der Waals surface area contributed by atoms with Crippen LogP contribution in [-0.2, 0) is 16.1 Å². The molecule has 0 spiro atoms. The predicted octanol–water partition coefficient (Wildman–Crippen LogP) is 0.137. The quantitative estimate of drug-likeness (QED) is 0.849. The molecule has 7 nitrogen and oxygen atoms in total. The molecular weight excluding hydrogens is 272 g/mol. The van der Waals surface area contributed by atoms with Gasteiger partial charge in [0.1, 0.15) is 13.2 Å². The summed E-state index contributed by atoms with van der Waals surface area (Å²) in [6, 6.07) is 0.209. The predicted molar refractivity (Wildman–Crippen MR) is 70.0 cm³/mol. The molecule has 1 fully saturated rings. The highest BCUT2D eigenvalue weighted by Crippen LogP contribution is 2.04. The van der Waals surface area contributed by atoms with Crippen LogP contribution in [0.3, 0.4) is 0 Å². The van der Waals surface area contributed by atoms with Crippen LogP contribution in [0.2, 0.25) is 0 Å². The maximum atomic E-state index is 11.9. The molecule has 108 valence electrons. The van der Waals surface area contributed by atoms with Crippen molar-refractivity contribution in [2.24, 2.45) is 0 Å². The van der Waals surface area contributed by atoms with Crippen LogP contribution in [0.4, 0.5) is 0 Å². The lowest BCUT2D eigenvalue weighted by Crippen LogP contribution is -2.53. The van der Waals surface area contributed by atoms with Gasteiger partial charge in [0.2, 0.25) is 5.91 Å². The second kappa shape index (κ2) is 7.42. The van der Waals surface area contributed by atoms with Gasteiger partial charge in [-0.15, -0.1) is 12.4 Å². The van der Waals surface area contributed by atoms with Gasteiger partial charge in [0.25, 0.3) is 5.89 Å². The van der Waals surface area contributed by atoms with E-state index < -0.39 is 0 Å². The smallest absolute Gasteiger partial charge is 0.252 e. The summed E-state index contributed by atoms with van der Waals surface area (Å²) in [5.74, 6) is 0.963. The van der Waals surface area contributed by atoms with E-state index in [0.29, 0.717) is 11.7 Å². The molecular formula is C11H19ClN4O3. The number of aromatic nitrogens is 2. The SMILES string of the molecule is Cc1noc(COCC(=O)N2CCNC[C@H]2C)n1.Cl. The van der Waals surface area contributed by atoms with Crippen molar-refractivity contribution in [1.82, 2.24) is 20.4 Å². The van der Waals surface area contributed by atoms with Crippen LogP contribution < -0.4 is 5.32 Å². The van der Waals surface area contributed by atoms with Gasteiger partial charge >= 0.3 is 0 Å². The van der Waals surface area contributed by atoms with Gasteiger partial charge in [0.15, 0.2) is 5.82 Å². The van der Waals surface area contributed by atoms with E-state index in [1.807, 2.05) is 11.8 Å². The van der Waals surface area contributed by atoms with E-state index in [2.05, 4.69) is 15.5 Å². The van der Waals surface area contributed by atoms with E-state index in [1.54, 1.807) is 6.92 Å². The van der Waals surface area contributed by atoms with E-state index in [9.17, 15) is 4.79 Å². The van der Waals surface area contributed by atoms with Crippen LogP contribution >= 0.6 is 12.4 Å². The number of hydrogen-bond acceptors (Lipinski definition) is 6. The molecule has 0 aromatic carbocycles. The van der Waals surface area contributed by atoms with E-state index >= 15 is 0 Å². The highest BCUT2D eigenvalue weighted by molar-refractivity contribution is 5.85. The van der Waals surface area contributed by atoms with Crippen molar-refractivity contribution in [2.45, 2.75) is 26.5 Å². The number of ether oxygens (including phenoxy) is 1. The summed E-state index contributed by atoms with van der Waals surface area (Å²) in [6.45, 7) is 6.36. The van der Waals surface area contributed by atoms with Gasteiger partial charge in [-0.1, -0.05) is 5.16 Å². The Kier molecular flexibility index (Phi) is 6.20. The van der Waals surface area contributed by atoms with Gasteiger partial charge in [-0.2, -0.15) is 4.98 Å². The Balaban J connectivity index is 0.00000180. The van der Waals surface area contributed by atoms with Crippen LogP contribution in [0.15, 0.2) is 4.52 Å². The van der Waals surface area contributed by atoms with Crippen LogP contribution in [-0.4, -0.2) is 53.2 Å². The lowest BCUT2D eigenvalue weighted by molar-refractivity contribution is -0.139. The first kappa shape index (κ1) is 15.9. The highest BCUT2D eigenvalue weighted by atomic mass is 35.5.